The fraction of sp³-hybridized carbons (Fsp3) is 0.316. The molecule has 4 heteroatoms. The number of ether oxygens (including phenoxy) is 2. The Kier molecular flexibility index (Phi) is 6.48. The maximum absolute atomic E-state index is 11.2. The maximum Gasteiger partial charge on any atom is 0.407 e. The van der Waals surface area contributed by atoms with Crippen LogP contribution in [-0.4, -0.2) is 26.4 Å². The van der Waals surface area contributed by atoms with E-state index in [0.717, 1.165) is 17.7 Å². The van der Waals surface area contributed by atoms with Crippen LogP contribution in [0.4, 0.5) is 4.79 Å². The van der Waals surface area contributed by atoms with Crippen molar-refractivity contribution in [2.75, 3.05) is 20.3 Å². The minimum Gasteiger partial charge on any atom is -0.496 e. The second-order valence-corrected chi connectivity index (χ2v) is 5.22. The van der Waals surface area contributed by atoms with E-state index in [4.69, 9.17) is 9.47 Å². The molecule has 122 valence electrons. The van der Waals surface area contributed by atoms with Gasteiger partial charge in [0.15, 0.2) is 0 Å². The van der Waals surface area contributed by atoms with Gasteiger partial charge in [0, 0.05) is 19.4 Å². The predicted molar refractivity (Wildman–Crippen MR) is 91.0 cm³/mol. The highest BCUT2D eigenvalue weighted by molar-refractivity contribution is 5.66. The summed E-state index contributed by atoms with van der Waals surface area (Å²) in [5, 5.41) is 2.61. The van der Waals surface area contributed by atoms with Crippen molar-refractivity contribution in [1.29, 1.82) is 0 Å². The number of carbonyl (C=O) groups excluding carboxylic acids is 1. The fourth-order valence-electron chi connectivity index (χ4n) is 2.35. The van der Waals surface area contributed by atoms with E-state index in [9.17, 15) is 4.79 Å². The predicted octanol–water partition coefficient (Wildman–Crippen LogP) is 3.57. The first kappa shape index (κ1) is 16.9. The molecule has 2 aromatic rings. The van der Waals surface area contributed by atoms with Crippen molar-refractivity contribution in [2.45, 2.75) is 19.8 Å². The highest BCUT2D eigenvalue weighted by Gasteiger charge is 2.04. The number of para-hydroxylation sites is 1. The molecule has 0 aliphatic rings. The Balaban J connectivity index is 1.88. The first-order chi connectivity index (χ1) is 11.2. The molecule has 2 aromatic carbocycles. The largest absolute Gasteiger partial charge is 0.496 e. The second kappa shape index (κ2) is 8.83. The lowest BCUT2D eigenvalue weighted by atomic mass is 10.0. The number of rotatable bonds is 7. The van der Waals surface area contributed by atoms with Crippen LogP contribution in [0.3, 0.4) is 0 Å². The number of amides is 1. The zero-order valence-electron chi connectivity index (χ0n) is 13.7. The van der Waals surface area contributed by atoms with Gasteiger partial charge in [-0.25, -0.2) is 4.79 Å². The smallest absolute Gasteiger partial charge is 0.407 e. The lowest BCUT2D eigenvalue weighted by Crippen LogP contribution is -2.24. The zero-order chi connectivity index (χ0) is 16.5. The van der Waals surface area contributed by atoms with Gasteiger partial charge in [-0.2, -0.15) is 0 Å². The Morgan fingerprint density at radius 1 is 1.04 bits per heavy atom. The quantitative estimate of drug-likeness (QED) is 0.850. The number of hydrogen-bond donors (Lipinski definition) is 1. The topological polar surface area (TPSA) is 47.6 Å². The van der Waals surface area contributed by atoms with E-state index in [1.54, 1.807) is 7.11 Å². The van der Waals surface area contributed by atoms with Crippen LogP contribution in [0.1, 0.15) is 23.6 Å². The molecule has 1 N–H and O–H groups in total. The van der Waals surface area contributed by atoms with Gasteiger partial charge >= 0.3 is 6.09 Å². The van der Waals surface area contributed by atoms with Gasteiger partial charge in [-0.05, 0) is 29.7 Å². The minimum atomic E-state index is -0.361. The van der Waals surface area contributed by atoms with Gasteiger partial charge in [-0.3, -0.25) is 0 Å². The van der Waals surface area contributed by atoms with Gasteiger partial charge in [0.2, 0.25) is 0 Å². The Hall–Kier alpha value is -2.49. The third-order valence-corrected chi connectivity index (χ3v) is 3.56. The van der Waals surface area contributed by atoms with Crippen LogP contribution in [0.2, 0.25) is 0 Å². The van der Waals surface area contributed by atoms with E-state index in [1.165, 1.54) is 11.1 Å². The Morgan fingerprint density at radius 2 is 1.74 bits per heavy atom. The van der Waals surface area contributed by atoms with Crippen LogP contribution in [0, 0.1) is 0 Å². The summed E-state index contributed by atoms with van der Waals surface area (Å²) in [6.45, 7) is 2.83. The van der Waals surface area contributed by atoms with Gasteiger partial charge in [0.05, 0.1) is 13.7 Å². The minimum absolute atomic E-state index is 0.361. The summed E-state index contributed by atoms with van der Waals surface area (Å²) in [6.07, 6.45) is 1.19. The number of alkyl carbamates (subject to hydrolysis) is 1. The van der Waals surface area contributed by atoms with Gasteiger partial charge in [-0.1, -0.05) is 42.5 Å². The van der Waals surface area contributed by atoms with E-state index < -0.39 is 0 Å². The molecule has 0 aromatic heterocycles. The molecular formula is C19H23NO3. The molecule has 1 amide bonds. The number of nitrogens with one attached hydrogen (secondary N) is 1. The van der Waals surface area contributed by atoms with Gasteiger partial charge in [-0.15, -0.1) is 0 Å². The number of methoxy groups -OCH3 is 1. The van der Waals surface area contributed by atoms with Crippen molar-refractivity contribution >= 4 is 6.09 Å². The van der Waals surface area contributed by atoms with E-state index >= 15 is 0 Å². The summed E-state index contributed by atoms with van der Waals surface area (Å²) in [5.41, 5.74) is 3.54. The van der Waals surface area contributed by atoms with E-state index in [1.807, 2.05) is 25.1 Å². The third-order valence-electron chi connectivity index (χ3n) is 3.56. The highest BCUT2D eigenvalue weighted by Crippen LogP contribution is 2.21. The molecule has 0 radical (unpaired) electrons. The molecule has 0 saturated heterocycles. The van der Waals surface area contributed by atoms with Crippen molar-refractivity contribution in [2.24, 2.45) is 0 Å². The highest BCUT2D eigenvalue weighted by atomic mass is 16.5. The number of benzene rings is 2. The first-order valence-corrected chi connectivity index (χ1v) is 7.83. The molecule has 0 atom stereocenters. The fourth-order valence-corrected chi connectivity index (χ4v) is 2.35. The van der Waals surface area contributed by atoms with Crippen LogP contribution in [0.25, 0.3) is 0 Å². The summed E-state index contributed by atoms with van der Waals surface area (Å²) < 4.78 is 10.5. The summed E-state index contributed by atoms with van der Waals surface area (Å²) in [6, 6.07) is 16.4. The van der Waals surface area contributed by atoms with Crippen LogP contribution in [-0.2, 0) is 17.6 Å². The molecule has 0 heterocycles. The molecule has 4 nitrogen and oxygen atoms in total. The van der Waals surface area contributed by atoms with Crippen molar-refractivity contribution in [1.82, 2.24) is 5.32 Å². The summed E-state index contributed by atoms with van der Waals surface area (Å²) in [5.74, 6) is 0.909. The second-order valence-electron chi connectivity index (χ2n) is 5.22. The Labute approximate surface area is 137 Å². The van der Waals surface area contributed by atoms with Crippen molar-refractivity contribution in [3.05, 3.63) is 65.2 Å². The SMILES string of the molecule is CCNC(=O)OCCc1ccc(Cc2ccccc2OC)cc1. The van der Waals surface area contributed by atoms with Crippen molar-refractivity contribution in [3.63, 3.8) is 0 Å². The normalized spacial score (nSPS) is 10.2. The standard InChI is InChI=1S/C19H23NO3/c1-3-20-19(21)23-13-12-15-8-10-16(11-9-15)14-17-6-4-5-7-18(17)22-2/h4-11H,3,12-14H2,1-2H3,(H,20,21). The first-order valence-electron chi connectivity index (χ1n) is 7.83. The molecular weight excluding hydrogens is 290 g/mol. The average molecular weight is 313 g/mol. The molecule has 0 saturated carbocycles. The van der Waals surface area contributed by atoms with E-state index in [-0.39, 0.29) is 6.09 Å². The molecule has 0 aliphatic heterocycles. The monoisotopic (exact) mass is 313 g/mol. The summed E-state index contributed by atoms with van der Waals surface area (Å²) in [7, 11) is 1.69. The van der Waals surface area contributed by atoms with Gasteiger partial charge in [0.25, 0.3) is 0 Å². The zero-order valence-corrected chi connectivity index (χ0v) is 13.7. The summed E-state index contributed by atoms with van der Waals surface area (Å²) in [4.78, 5) is 11.2. The van der Waals surface area contributed by atoms with Crippen LogP contribution >= 0.6 is 0 Å². The Bertz CT molecular complexity index is 623. The van der Waals surface area contributed by atoms with E-state index in [2.05, 4.69) is 35.6 Å². The van der Waals surface area contributed by atoms with Gasteiger partial charge < -0.3 is 14.8 Å². The van der Waals surface area contributed by atoms with Crippen molar-refractivity contribution < 1.29 is 14.3 Å². The van der Waals surface area contributed by atoms with Gasteiger partial charge in [0.1, 0.15) is 5.75 Å². The molecule has 0 unspecified atom stereocenters. The molecule has 0 bridgehead atoms. The third kappa shape index (κ3) is 5.33. The van der Waals surface area contributed by atoms with Crippen LogP contribution in [0.5, 0.6) is 5.75 Å². The maximum atomic E-state index is 11.2. The molecule has 23 heavy (non-hydrogen) atoms. The molecule has 2 rings (SSSR count). The summed E-state index contributed by atoms with van der Waals surface area (Å²) >= 11 is 0. The Morgan fingerprint density at radius 3 is 2.43 bits per heavy atom. The van der Waals surface area contributed by atoms with Crippen LogP contribution in [0.15, 0.2) is 48.5 Å². The van der Waals surface area contributed by atoms with E-state index in [0.29, 0.717) is 19.6 Å². The molecule has 0 spiro atoms. The molecule has 0 aliphatic carbocycles. The lowest BCUT2D eigenvalue weighted by Gasteiger charge is -2.09. The van der Waals surface area contributed by atoms with Crippen molar-refractivity contribution in [3.8, 4) is 5.75 Å². The lowest BCUT2D eigenvalue weighted by molar-refractivity contribution is 0.148. The average Bonchev–Trinajstić information content (AvgIpc) is 2.57. The number of hydrogen-bond acceptors (Lipinski definition) is 3. The number of carbonyl (C=O) groups is 1. The molecule has 0 fully saturated rings. The van der Waals surface area contributed by atoms with Crippen LogP contribution < -0.4 is 10.1 Å².